The molecule has 156 valence electrons. The molecule has 0 aromatic heterocycles. The first kappa shape index (κ1) is 21.4. The van der Waals surface area contributed by atoms with Crippen LogP contribution in [-0.4, -0.2) is 51.0 Å². The quantitative estimate of drug-likeness (QED) is 0.503. The zero-order valence-electron chi connectivity index (χ0n) is 15.5. The summed E-state index contributed by atoms with van der Waals surface area (Å²) >= 11 is 6.04. The first-order valence-electron chi connectivity index (χ1n) is 8.72. The Morgan fingerprint density at radius 3 is 2.59 bits per heavy atom. The molecule has 1 saturated heterocycles. The maximum Gasteiger partial charge on any atom is 0.293 e. The van der Waals surface area contributed by atoms with Crippen LogP contribution in [0.1, 0.15) is 5.56 Å². The summed E-state index contributed by atoms with van der Waals surface area (Å²) in [6.45, 7) is 0.881. The summed E-state index contributed by atoms with van der Waals surface area (Å²) < 4.78 is 46.0. The lowest BCUT2D eigenvalue weighted by Crippen LogP contribution is -2.40. The van der Waals surface area contributed by atoms with Crippen molar-refractivity contribution in [2.24, 2.45) is 0 Å². The van der Waals surface area contributed by atoms with Crippen LogP contribution in [0.3, 0.4) is 0 Å². The van der Waals surface area contributed by atoms with Crippen LogP contribution in [0.25, 0.3) is 0 Å². The summed E-state index contributed by atoms with van der Waals surface area (Å²) in [6.07, 6.45) is 0. The van der Waals surface area contributed by atoms with E-state index in [1.54, 1.807) is 7.05 Å². The average Bonchev–Trinajstić information content (AvgIpc) is 2.70. The van der Waals surface area contributed by atoms with Gasteiger partial charge in [-0.05, 0) is 24.3 Å². The number of nitrogens with zero attached hydrogens (tertiary/aromatic N) is 3. The zero-order chi connectivity index (χ0) is 21.2. The lowest BCUT2D eigenvalue weighted by molar-refractivity contribution is -0.384. The molecule has 0 amide bonds. The molecule has 1 heterocycles. The number of rotatable bonds is 6. The van der Waals surface area contributed by atoms with E-state index in [0.29, 0.717) is 0 Å². The van der Waals surface area contributed by atoms with E-state index in [1.807, 2.05) is 0 Å². The van der Waals surface area contributed by atoms with Gasteiger partial charge in [-0.1, -0.05) is 17.7 Å². The maximum absolute atomic E-state index is 14.1. The summed E-state index contributed by atoms with van der Waals surface area (Å²) in [7, 11) is -2.34. The van der Waals surface area contributed by atoms with Crippen LogP contribution in [0.15, 0.2) is 41.3 Å². The molecule has 0 radical (unpaired) electrons. The highest BCUT2D eigenvalue weighted by molar-refractivity contribution is 7.89. The maximum atomic E-state index is 14.1. The molecule has 3 rings (SSSR count). The molecule has 0 saturated carbocycles. The van der Waals surface area contributed by atoms with Crippen LogP contribution >= 0.6 is 11.6 Å². The minimum atomic E-state index is -3.88. The van der Waals surface area contributed by atoms with Gasteiger partial charge in [0.25, 0.3) is 5.69 Å². The Kier molecular flexibility index (Phi) is 6.37. The number of nitro benzene ring substituents is 1. The topological polar surface area (TPSA) is 93.0 Å². The number of hydrogen-bond acceptors (Lipinski definition) is 6. The lowest BCUT2D eigenvalue weighted by atomic mass is 10.1. The molecule has 2 aromatic rings. The number of anilines is 1. The number of ether oxygens (including phenoxy) is 1. The molecule has 2 aromatic carbocycles. The van der Waals surface area contributed by atoms with Gasteiger partial charge in [-0.15, -0.1) is 0 Å². The standard InChI is InChI=1S/C18H19ClFN3O5S/c1-21(12-14-15(19)3-2-4-16(14)20)17-6-5-13(11-18(17)23(24)25)29(26,27)22-7-9-28-10-8-22/h2-6,11H,7-10,12H2,1H3. The van der Waals surface area contributed by atoms with Gasteiger partial charge in [0.2, 0.25) is 10.0 Å². The Morgan fingerprint density at radius 2 is 1.97 bits per heavy atom. The molecular formula is C18H19ClFN3O5S. The van der Waals surface area contributed by atoms with Crippen LogP contribution in [-0.2, 0) is 21.3 Å². The molecule has 0 unspecified atom stereocenters. The highest BCUT2D eigenvalue weighted by Crippen LogP contribution is 2.33. The van der Waals surface area contributed by atoms with E-state index < -0.39 is 26.5 Å². The van der Waals surface area contributed by atoms with Crippen LogP contribution in [0.4, 0.5) is 15.8 Å². The minimum Gasteiger partial charge on any atom is -0.379 e. The fourth-order valence-corrected chi connectivity index (χ4v) is 4.73. The molecule has 11 heteroatoms. The second-order valence-corrected chi connectivity index (χ2v) is 8.83. The van der Waals surface area contributed by atoms with E-state index in [-0.39, 0.29) is 54.0 Å². The SMILES string of the molecule is CN(Cc1c(F)cccc1Cl)c1ccc(S(=O)(=O)N2CCOCC2)cc1[N+](=O)[O-]. The van der Waals surface area contributed by atoms with E-state index in [0.717, 1.165) is 6.07 Å². The highest BCUT2D eigenvalue weighted by Gasteiger charge is 2.29. The Bertz CT molecular complexity index is 1010. The Hall–Kier alpha value is -2.27. The molecule has 1 fully saturated rings. The van der Waals surface area contributed by atoms with Gasteiger partial charge in [0, 0.05) is 43.3 Å². The van der Waals surface area contributed by atoms with Gasteiger partial charge >= 0.3 is 0 Å². The van der Waals surface area contributed by atoms with E-state index in [4.69, 9.17) is 16.3 Å². The molecule has 0 bridgehead atoms. The van der Waals surface area contributed by atoms with Crippen LogP contribution in [0.2, 0.25) is 5.02 Å². The van der Waals surface area contributed by atoms with Crippen molar-refractivity contribution >= 4 is 33.0 Å². The minimum absolute atomic E-state index is 0.0259. The largest absolute Gasteiger partial charge is 0.379 e. The normalized spacial score (nSPS) is 15.3. The van der Waals surface area contributed by atoms with Crippen molar-refractivity contribution < 1.29 is 22.5 Å². The first-order chi connectivity index (χ1) is 13.7. The van der Waals surface area contributed by atoms with Gasteiger partial charge in [-0.3, -0.25) is 10.1 Å². The van der Waals surface area contributed by atoms with E-state index in [2.05, 4.69) is 0 Å². The fourth-order valence-electron chi connectivity index (χ4n) is 3.07. The summed E-state index contributed by atoms with van der Waals surface area (Å²) in [5.41, 5.74) is -0.0551. The number of benzene rings is 2. The molecule has 1 aliphatic heterocycles. The van der Waals surface area contributed by atoms with Crippen molar-refractivity contribution in [1.29, 1.82) is 0 Å². The van der Waals surface area contributed by atoms with Crippen LogP contribution in [0, 0.1) is 15.9 Å². The third-order valence-corrected chi connectivity index (χ3v) is 6.87. The second-order valence-electron chi connectivity index (χ2n) is 6.48. The number of morpholine rings is 1. The lowest BCUT2D eigenvalue weighted by Gasteiger charge is -2.26. The van der Waals surface area contributed by atoms with Gasteiger partial charge in [-0.25, -0.2) is 12.8 Å². The van der Waals surface area contributed by atoms with Crippen LogP contribution < -0.4 is 4.90 Å². The number of nitro groups is 1. The van der Waals surface area contributed by atoms with E-state index in [9.17, 15) is 22.9 Å². The van der Waals surface area contributed by atoms with Crippen molar-refractivity contribution in [2.75, 3.05) is 38.3 Å². The molecule has 0 atom stereocenters. The summed E-state index contributed by atoms with van der Waals surface area (Å²) in [6, 6.07) is 7.93. The zero-order valence-corrected chi connectivity index (χ0v) is 17.1. The molecule has 29 heavy (non-hydrogen) atoms. The Labute approximate surface area is 172 Å². The van der Waals surface area contributed by atoms with Gasteiger partial charge in [-0.2, -0.15) is 4.31 Å². The van der Waals surface area contributed by atoms with Crippen LogP contribution in [0.5, 0.6) is 0 Å². The molecular weight excluding hydrogens is 425 g/mol. The summed E-state index contributed by atoms with van der Waals surface area (Å²) in [5.74, 6) is -0.529. The van der Waals surface area contributed by atoms with Gasteiger partial charge in [0.05, 0.1) is 23.0 Å². The Balaban J connectivity index is 1.95. The number of hydrogen-bond donors (Lipinski definition) is 0. The molecule has 0 spiro atoms. The Morgan fingerprint density at radius 1 is 1.28 bits per heavy atom. The summed E-state index contributed by atoms with van der Waals surface area (Å²) in [4.78, 5) is 12.2. The molecule has 0 aliphatic carbocycles. The van der Waals surface area contributed by atoms with Crippen molar-refractivity contribution in [3.05, 3.63) is 62.9 Å². The monoisotopic (exact) mass is 443 g/mol. The number of halogens is 2. The molecule has 8 nitrogen and oxygen atoms in total. The third-order valence-electron chi connectivity index (χ3n) is 4.62. The predicted octanol–water partition coefficient (Wildman–Crippen LogP) is 3.04. The van der Waals surface area contributed by atoms with Gasteiger partial charge in [0.1, 0.15) is 11.5 Å². The van der Waals surface area contributed by atoms with Crippen molar-refractivity contribution in [1.82, 2.24) is 4.31 Å². The number of sulfonamides is 1. The van der Waals surface area contributed by atoms with Crippen molar-refractivity contribution in [3.8, 4) is 0 Å². The smallest absolute Gasteiger partial charge is 0.293 e. The van der Waals surface area contributed by atoms with E-state index in [1.165, 1.54) is 39.5 Å². The molecule has 1 aliphatic rings. The first-order valence-corrected chi connectivity index (χ1v) is 10.5. The van der Waals surface area contributed by atoms with E-state index >= 15 is 0 Å². The fraction of sp³-hybridized carbons (Fsp3) is 0.333. The third kappa shape index (κ3) is 4.50. The summed E-state index contributed by atoms with van der Waals surface area (Å²) in [5, 5.41) is 11.8. The van der Waals surface area contributed by atoms with Crippen molar-refractivity contribution in [2.45, 2.75) is 11.4 Å². The highest BCUT2D eigenvalue weighted by atomic mass is 35.5. The predicted molar refractivity (Wildman–Crippen MR) is 106 cm³/mol. The van der Waals surface area contributed by atoms with Gasteiger partial charge < -0.3 is 9.64 Å². The average molecular weight is 444 g/mol. The van der Waals surface area contributed by atoms with Gasteiger partial charge in [0.15, 0.2) is 0 Å². The molecule has 0 N–H and O–H groups in total. The second kappa shape index (κ2) is 8.62. The van der Waals surface area contributed by atoms with Crippen molar-refractivity contribution in [3.63, 3.8) is 0 Å².